The topological polar surface area (TPSA) is 66.8 Å². The number of carbonyl (C=O) groups excluding carboxylic acids is 1. The molecule has 29 heavy (non-hydrogen) atoms. The molecule has 2 fully saturated rings. The number of aliphatic hydroxyl groups is 1. The van der Waals surface area contributed by atoms with Crippen LogP contribution in [0.3, 0.4) is 0 Å². The second-order valence-electron chi connectivity index (χ2n) is 9.32. The standard InChI is InChI=1S/C25H28O4/c1-25-13-12-18-17-9-7-16(29-24(28)20-4-2-3-5-22(20)26)14-15(17)6-8-19(18)21(25)10-11-23(25)27/h2-5,7,9,14,18-19,21,23,26-27H,6,8,10-13H2,1H3/t18-,19-,21+,23-,25+/m1/s1. The minimum Gasteiger partial charge on any atom is -0.507 e. The number of hydrogen-bond acceptors (Lipinski definition) is 4. The van der Waals surface area contributed by atoms with Gasteiger partial charge in [0.15, 0.2) is 0 Å². The van der Waals surface area contributed by atoms with Crippen LogP contribution in [-0.4, -0.2) is 22.3 Å². The number of phenolic OH excluding ortho intramolecular Hbond substituents is 1. The van der Waals surface area contributed by atoms with Gasteiger partial charge in [-0.1, -0.05) is 25.1 Å². The molecule has 3 aliphatic rings. The number of ether oxygens (including phenoxy) is 1. The lowest BCUT2D eigenvalue weighted by molar-refractivity contribution is -0.0226. The summed E-state index contributed by atoms with van der Waals surface area (Å²) in [7, 11) is 0. The highest BCUT2D eigenvalue weighted by atomic mass is 16.5. The van der Waals surface area contributed by atoms with Crippen LogP contribution in [-0.2, 0) is 6.42 Å². The molecule has 152 valence electrons. The monoisotopic (exact) mass is 392 g/mol. The third-order valence-electron chi connectivity index (χ3n) is 7.98. The van der Waals surface area contributed by atoms with Crippen LogP contribution in [0.15, 0.2) is 42.5 Å². The first kappa shape index (κ1) is 18.7. The van der Waals surface area contributed by atoms with Crippen molar-refractivity contribution in [2.75, 3.05) is 0 Å². The van der Waals surface area contributed by atoms with Crippen molar-refractivity contribution < 1.29 is 19.7 Å². The fraction of sp³-hybridized carbons (Fsp3) is 0.480. The molecule has 3 aliphatic carbocycles. The first-order chi connectivity index (χ1) is 14.0. The lowest BCUT2D eigenvalue weighted by Crippen LogP contribution is -2.43. The van der Waals surface area contributed by atoms with Gasteiger partial charge in [-0.25, -0.2) is 4.79 Å². The highest BCUT2D eigenvalue weighted by Crippen LogP contribution is 2.60. The zero-order chi connectivity index (χ0) is 20.2. The van der Waals surface area contributed by atoms with Crippen LogP contribution < -0.4 is 4.74 Å². The number of aryl methyl sites for hydroxylation is 1. The van der Waals surface area contributed by atoms with Crippen LogP contribution in [0.4, 0.5) is 0 Å². The number of rotatable bonds is 2. The summed E-state index contributed by atoms with van der Waals surface area (Å²) in [5.41, 5.74) is 2.94. The van der Waals surface area contributed by atoms with E-state index in [9.17, 15) is 15.0 Å². The van der Waals surface area contributed by atoms with Gasteiger partial charge in [-0.15, -0.1) is 0 Å². The van der Waals surface area contributed by atoms with E-state index in [1.54, 1.807) is 18.2 Å². The molecule has 5 rings (SSSR count). The van der Waals surface area contributed by atoms with Crippen LogP contribution in [0, 0.1) is 17.3 Å². The Morgan fingerprint density at radius 2 is 1.93 bits per heavy atom. The normalized spacial score (nSPS) is 32.8. The van der Waals surface area contributed by atoms with E-state index in [1.807, 2.05) is 12.1 Å². The van der Waals surface area contributed by atoms with Crippen LogP contribution in [0.25, 0.3) is 0 Å². The van der Waals surface area contributed by atoms with Gasteiger partial charge in [-0.05, 0) is 97.1 Å². The van der Waals surface area contributed by atoms with Gasteiger partial charge in [0.05, 0.1) is 6.10 Å². The number of benzene rings is 2. The first-order valence-corrected chi connectivity index (χ1v) is 10.8. The summed E-state index contributed by atoms with van der Waals surface area (Å²) in [5.74, 6) is 1.74. The van der Waals surface area contributed by atoms with E-state index in [0.717, 1.165) is 38.5 Å². The Morgan fingerprint density at radius 1 is 1.10 bits per heavy atom. The second-order valence-corrected chi connectivity index (χ2v) is 9.32. The highest BCUT2D eigenvalue weighted by molar-refractivity contribution is 5.93. The molecule has 2 aromatic carbocycles. The van der Waals surface area contributed by atoms with E-state index in [-0.39, 0.29) is 22.8 Å². The number of carbonyl (C=O) groups is 1. The van der Waals surface area contributed by atoms with Crippen molar-refractivity contribution in [3.63, 3.8) is 0 Å². The maximum atomic E-state index is 12.4. The number of fused-ring (bicyclic) bond motifs is 5. The first-order valence-electron chi connectivity index (χ1n) is 10.8. The molecule has 0 amide bonds. The summed E-state index contributed by atoms with van der Waals surface area (Å²) in [6, 6.07) is 12.5. The number of para-hydroxylation sites is 1. The predicted molar refractivity (Wildman–Crippen MR) is 110 cm³/mol. The third kappa shape index (κ3) is 2.96. The Labute approximate surface area is 171 Å². The highest BCUT2D eigenvalue weighted by Gasteiger charge is 2.54. The van der Waals surface area contributed by atoms with Crippen LogP contribution in [0.5, 0.6) is 11.5 Å². The molecular weight excluding hydrogens is 364 g/mol. The largest absolute Gasteiger partial charge is 0.507 e. The van der Waals surface area contributed by atoms with Gasteiger partial charge in [-0.3, -0.25) is 0 Å². The van der Waals surface area contributed by atoms with Gasteiger partial charge < -0.3 is 14.9 Å². The Hall–Kier alpha value is -2.33. The lowest BCUT2D eigenvalue weighted by atomic mass is 9.55. The molecule has 0 aromatic heterocycles. The number of aromatic hydroxyl groups is 1. The van der Waals surface area contributed by atoms with Crippen LogP contribution >= 0.6 is 0 Å². The van der Waals surface area contributed by atoms with E-state index in [4.69, 9.17) is 4.74 Å². The summed E-state index contributed by atoms with van der Waals surface area (Å²) >= 11 is 0. The van der Waals surface area contributed by atoms with Gasteiger partial charge in [-0.2, -0.15) is 0 Å². The summed E-state index contributed by atoms with van der Waals surface area (Å²) < 4.78 is 5.55. The molecule has 0 saturated heterocycles. The number of esters is 1. The molecule has 2 N–H and O–H groups in total. The average molecular weight is 392 g/mol. The van der Waals surface area contributed by atoms with E-state index in [1.165, 1.54) is 17.2 Å². The maximum absolute atomic E-state index is 12.4. The number of aliphatic hydroxyl groups excluding tert-OH is 1. The second kappa shape index (κ2) is 6.88. The maximum Gasteiger partial charge on any atom is 0.347 e. The Morgan fingerprint density at radius 3 is 2.76 bits per heavy atom. The minimum absolute atomic E-state index is 0.0673. The molecule has 2 saturated carbocycles. The van der Waals surface area contributed by atoms with Gasteiger partial charge in [0.1, 0.15) is 17.1 Å². The molecule has 4 nitrogen and oxygen atoms in total. The van der Waals surface area contributed by atoms with Crippen molar-refractivity contribution in [1.29, 1.82) is 0 Å². The molecule has 2 aromatic rings. The molecule has 4 heteroatoms. The zero-order valence-electron chi connectivity index (χ0n) is 16.8. The fourth-order valence-electron chi connectivity index (χ4n) is 6.40. The molecule has 0 heterocycles. The predicted octanol–water partition coefficient (Wildman–Crippen LogP) is 4.83. The van der Waals surface area contributed by atoms with Gasteiger partial charge in [0.2, 0.25) is 0 Å². The number of hydrogen-bond donors (Lipinski definition) is 2. The minimum atomic E-state index is -0.537. The summed E-state index contributed by atoms with van der Waals surface area (Å²) in [5, 5.41) is 20.4. The van der Waals surface area contributed by atoms with Gasteiger partial charge in [0.25, 0.3) is 0 Å². The Balaban J connectivity index is 1.37. The van der Waals surface area contributed by atoms with Crippen molar-refractivity contribution in [1.82, 2.24) is 0 Å². The summed E-state index contributed by atoms with van der Waals surface area (Å²) in [4.78, 5) is 12.4. The summed E-state index contributed by atoms with van der Waals surface area (Å²) in [6.45, 7) is 2.29. The van der Waals surface area contributed by atoms with E-state index in [2.05, 4.69) is 13.0 Å². The lowest BCUT2D eigenvalue weighted by Gasteiger charge is -2.50. The van der Waals surface area contributed by atoms with Crippen LogP contribution in [0.1, 0.15) is 66.4 Å². The van der Waals surface area contributed by atoms with Crippen molar-refractivity contribution in [3.8, 4) is 11.5 Å². The molecule has 0 unspecified atom stereocenters. The average Bonchev–Trinajstić information content (AvgIpc) is 3.02. The van der Waals surface area contributed by atoms with Crippen molar-refractivity contribution in [3.05, 3.63) is 59.2 Å². The third-order valence-corrected chi connectivity index (χ3v) is 7.98. The Bertz CT molecular complexity index is 952. The quantitative estimate of drug-likeness (QED) is 0.568. The van der Waals surface area contributed by atoms with Crippen molar-refractivity contribution in [2.24, 2.45) is 17.3 Å². The Kier molecular flexibility index (Phi) is 4.43. The van der Waals surface area contributed by atoms with Gasteiger partial charge >= 0.3 is 5.97 Å². The molecule has 0 radical (unpaired) electrons. The smallest absolute Gasteiger partial charge is 0.347 e. The molecule has 0 aliphatic heterocycles. The molecule has 0 spiro atoms. The van der Waals surface area contributed by atoms with E-state index < -0.39 is 5.97 Å². The number of phenols is 1. The molecule has 5 atom stereocenters. The van der Waals surface area contributed by atoms with Gasteiger partial charge in [0, 0.05) is 0 Å². The SMILES string of the molecule is C[C@]12CC[C@@H]3c4ccc(OC(=O)c5ccccc5O)cc4CC[C@H]3[C@@H]1CC[C@H]2O. The van der Waals surface area contributed by atoms with E-state index in [0.29, 0.717) is 23.5 Å². The zero-order valence-corrected chi connectivity index (χ0v) is 16.8. The molecular formula is C25H28O4. The molecule has 0 bridgehead atoms. The van der Waals surface area contributed by atoms with Crippen molar-refractivity contribution >= 4 is 5.97 Å². The summed E-state index contributed by atoms with van der Waals surface area (Å²) in [6.07, 6.45) is 6.28. The van der Waals surface area contributed by atoms with E-state index >= 15 is 0 Å². The van der Waals surface area contributed by atoms with Crippen molar-refractivity contribution in [2.45, 2.75) is 57.5 Å². The van der Waals surface area contributed by atoms with Crippen LogP contribution in [0.2, 0.25) is 0 Å². The fourth-order valence-corrected chi connectivity index (χ4v) is 6.40.